The van der Waals surface area contributed by atoms with E-state index in [1.807, 2.05) is 0 Å². The van der Waals surface area contributed by atoms with Gasteiger partial charge in [-0.15, -0.1) is 0 Å². The highest BCUT2D eigenvalue weighted by Crippen LogP contribution is 1.96. The predicted molar refractivity (Wildman–Crippen MR) is 63.9 cm³/mol. The highest BCUT2D eigenvalue weighted by molar-refractivity contribution is 5.13. The minimum absolute atomic E-state index is 1.00. The van der Waals surface area contributed by atoms with Crippen molar-refractivity contribution in [3.05, 3.63) is 67.2 Å². The van der Waals surface area contributed by atoms with Crippen LogP contribution in [-0.4, -0.2) is 0 Å². The molecule has 0 aromatic heterocycles. The molecule has 0 fully saturated rings. The van der Waals surface area contributed by atoms with E-state index in [9.17, 15) is 0 Å². The van der Waals surface area contributed by atoms with E-state index in [1.165, 1.54) is 0 Å². The van der Waals surface area contributed by atoms with Gasteiger partial charge < -0.3 is 0 Å². The van der Waals surface area contributed by atoms with Crippen molar-refractivity contribution in [2.45, 2.75) is 19.3 Å². The number of hydrogen-bond donors (Lipinski definition) is 0. The van der Waals surface area contributed by atoms with Gasteiger partial charge in [0.1, 0.15) is 0 Å². The van der Waals surface area contributed by atoms with Gasteiger partial charge in [0, 0.05) is 6.42 Å². The molecule has 0 aromatic rings. The van der Waals surface area contributed by atoms with Crippen LogP contribution < -0.4 is 0 Å². The fourth-order valence-corrected chi connectivity index (χ4v) is 1.12. The Morgan fingerprint density at radius 2 is 0.857 bits per heavy atom. The molecule has 73 valence electrons. The van der Waals surface area contributed by atoms with Crippen molar-refractivity contribution < 1.29 is 0 Å². The molecule has 0 saturated carbocycles. The monoisotopic (exact) mass is 185 g/mol. The topological polar surface area (TPSA) is 0 Å². The summed E-state index contributed by atoms with van der Waals surface area (Å²) in [4.78, 5) is 0. The smallest absolute Gasteiger partial charge is 0.00443 e. The van der Waals surface area contributed by atoms with Crippen molar-refractivity contribution in [1.82, 2.24) is 0 Å². The maximum atomic E-state index is 2.19. The van der Waals surface area contributed by atoms with Gasteiger partial charge in [0.2, 0.25) is 0 Å². The summed E-state index contributed by atoms with van der Waals surface area (Å²) in [6.07, 6.45) is 26.5. The summed E-state index contributed by atoms with van der Waals surface area (Å²) < 4.78 is 0. The third-order valence-corrected chi connectivity index (χ3v) is 1.86. The molecular weight excluding hydrogens is 168 g/mol. The molecule has 0 bridgehead atoms. The summed E-state index contributed by atoms with van der Waals surface area (Å²) in [7, 11) is 0. The highest BCUT2D eigenvalue weighted by atomic mass is 13.8. The molecule has 0 amide bonds. The lowest BCUT2D eigenvalue weighted by atomic mass is 10.2. The Hall–Kier alpha value is -1.30. The van der Waals surface area contributed by atoms with Crippen molar-refractivity contribution in [2.24, 2.45) is 0 Å². The summed E-state index contributed by atoms with van der Waals surface area (Å²) >= 11 is 0. The van der Waals surface area contributed by atoms with Crippen LogP contribution in [0.4, 0.5) is 0 Å². The maximum Gasteiger partial charge on any atom is 0.00443 e. The lowest BCUT2D eigenvalue weighted by molar-refractivity contribution is 1.30. The van der Waals surface area contributed by atoms with Gasteiger partial charge in [0.15, 0.2) is 0 Å². The molecule has 0 saturated heterocycles. The van der Waals surface area contributed by atoms with E-state index in [4.69, 9.17) is 0 Å². The number of hydrogen-bond acceptors (Lipinski definition) is 0. The Morgan fingerprint density at radius 3 is 1.43 bits per heavy atom. The zero-order chi connectivity index (χ0) is 9.90. The second-order valence-corrected chi connectivity index (χ2v) is 3.08. The Bertz CT molecular complexity index is 234. The molecule has 0 unspecified atom stereocenters. The van der Waals surface area contributed by atoms with Crippen LogP contribution >= 0.6 is 0 Å². The van der Waals surface area contributed by atoms with Gasteiger partial charge in [0.25, 0.3) is 0 Å². The largest absolute Gasteiger partial charge is 0.0844 e. The van der Waals surface area contributed by atoms with Crippen LogP contribution in [0.5, 0.6) is 0 Å². The minimum atomic E-state index is 1.00. The summed E-state index contributed by atoms with van der Waals surface area (Å²) in [5.41, 5.74) is 0. The second-order valence-electron chi connectivity index (χ2n) is 3.08. The molecule has 0 aliphatic heterocycles. The van der Waals surface area contributed by atoms with E-state index in [0.717, 1.165) is 19.3 Å². The Kier molecular flexibility index (Phi) is 6.39. The highest BCUT2D eigenvalue weighted by Gasteiger charge is 1.76. The molecule has 0 heterocycles. The van der Waals surface area contributed by atoms with Crippen molar-refractivity contribution in [3.8, 4) is 0 Å². The molecule has 0 N–H and O–H groups in total. The Labute approximate surface area is 87.0 Å². The molecule has 1 radical (unpaired) electrons. The third-order valence-electron chi connectivity index (χ3n) is 1.86. The first-order chi connectivity index (χ1) is 7.00. The van der Waals surface area contributed by atoms with Crippen molar-refractivity contribution in [3.63, 3.8) is 0 Å². The van der Waals surface area contributed by atoms with Crippen LogP contribution in [0.15, 0.2) is 60.8 Å². The summed E-state index contributed by atoms with van der Waals surface area (Å²) in [6, 6.07) is 0. The SMILES string of the molecule is [CH]1/C=C\C/C=C\C/C=C\C=C\C/C=C/1. The van der Waals surface area contributed by atoms with E-state index in [1.54, 1.807) is 0 Å². The van der Waals surface area contributed by atoms with E-state index >= 15 is 0 Å². The van der Waals surface area contributed by atoms with E-state index in [2.05, 4.69) is 67.2 Å². The Balaban J connectivity index is 2.45. The first-order valence-corrected chi connectivity index (χ1v) is 5.12. The lowest BCUT2D eigenvalue weighted by Crippen LogP contribution is -1.65. The fourth-order valence-electron chi connectivity index (χ4n) is 1.12. The van der Waals surface area contributed by atoms with Gasteiger partial charge in [0.05, 0.1) is 0 Å². The van der Waals surface area contributed by atoms with Gasteiger partial charge in [-0.3, -0.25) is 0 Å². The Morgan fingerprint density at radius 1 is 0.429 bits per heavy atom. The van der Waals surface area contributed by atoms with Crippen LogP contribution in [0.1, 0.15) is 19.3 Å². The zero-order valence-corrected chi connectivity index (χ0v) is 8.47. The number of allylic oxidation sites excluding steroid dienone is 10. The van der Waals surface area contributed by atoms with Gasteiger partial charge in [-0.25, -0.2) is 0 Å². The second kappa shape index (κ2) is 8.31. The third kappa shape index (κ3) is 6.24. The van der Waals surface area contributed by atoms with E-state index in [0.29, 0.717) is 0 Å². The van der Waals surface area contributed by atoms with Crippen LogP contribution in [0.25, 0.3) is 0 Å². The van der Waals surface area contributed by atoms with E-state index < -0.39 is 0 Å². The van der Waals surface area contributed by atoms with Crippen LogP contribution in [0.3, 0.4) is 0 Å². The fraction of sp³-hybridized carbons (Fsp3) is 0.214. The van der Waals surface area contributed by atoms with Crippen LogP contribution in [-0.2, 0) is 0 Å². The average molecular weight is 185 g/mol. The molecule has 0 spiro atoms. The molecule has 1 rings (SSSR count). The minimum Gasteiger partial charge on any atom is -0.0844 e. The first-order valence-electron chi connectivity index (χ1n) is 5.12. The summed E-state index contributed by atoms with van der Waals surface area (Å²) in [5, 5.41) is 0. The average Bonchev–Trinajstić information content (AvgIpc) is 2.22. The van der Waals surface area contributed by atoms with Crippen LogP contribution in [0.2, 0.25) is 0 Å². The molecule has 0 nitrogen and oxygen atoms in total. The van der Waals surface area contributed by atoms with Crippen molar-refractivity contribution in [2.75, 3.05) is 0 Å². The van der Waals surface area contributed by atoms with Crippen molar-refractivity contribution >= 4 is 0 Å². The maximum absolute atomic E-state index is 2.19. The first kappa shape index (κ1) is 10.8. The standard InChI is InChI=1S/C14H17/c1-2-4-6-8-10-12-14-13-11-9-7-5-3-1/h1-5,8-12,14H,6-7,13H2/b4-2+,5-3-,10-8+,11-9-,14-12-. The molecular formula is C14H17. The van der Waals surface area contributed by atoms with Crippen molar-refractivity contribution in [1.29, 1.82) is 0 Å². The van der Waals surface area contributed by atoms with Crippen LogP contribution in [0, 0.1) is 6.42 Å². The van der Waals surface area contributed by atoms with E-state index in [-0.39, 0.29) is 0 Å². The van der Waals surface area contributed by atoms with Gasteiger partial charge in [-0.2, -0.15) is 0 Å². The molecule has 0 atom stereocenters. The molecule has 0 aromatic carbocycles. The quantitative estimate of drug-likeness (QED) is 0.497. The van der Waals surface area contributed by atoms with Gasteiger partial charge >= 0.3 is 0 Å². The normalized spacial score (nSPS) is 29.7. The molecule has 1 aliphatic carbocycles. The zero-order valence-electron chi connectivity index (χ0n) is 8.47. The van der Waals surface area contributed by atoms with Gasteiger partial charge in [-0.05, 0) is 19.3 Å². The predicted octanol–water partition coefficient (Wildman–Crippen LogP) is 4.16. The molecule has 0 heteroatoms. The summed E-state index contributed by atoms with van der Waals surface area (Å²) in [5.74, 6) is 0. The lowest BCUT2D eigenvalue weighted by Gasteiger charge is -1.86. The summed E-state index contributed by atoms with van der Waals surface area (Å²) in [6.45, 7) is 0. The molecule has 14 heavy (non-hydrogen) atoms. The van der Waals surface area contributed by atoms with Gasteiger partial charge in [-0.1, -0.05) is 60.8 Å². The number of rotatable bonds is 0. The molecule has 1 aliphatic rings.